The molecule has 0 unspecified atom stereocenters. The number of methoxy groups -OCH3 is 1. The number of likely N-dealkylation sites (tertiary alicyclic amines) is 1. The highest BCUT2D eigenvalue weighted by Gasteiger charge is 2.29. The molecule has 0 atom stereocenters. The van der Waals surface area contributed by atoms with E-state index >= 15 is 0 Å². The molecule has 0 bridgehead atoms. The van der Waals surface area contributed by atoms with E-state index in [1.54, 1.807) is 17.0 Å². The summed E-state index contributed by atoms with van der Waals surface area (Å²) in [7, 11) is 1.50. The summed E-state index contributed by atoms with van der Waals surface area (Å²) in [6.07, 6.45) is 1.15. The summed E-state index contributed by atoms with van der Waals surface area (Å²) >= 11 is 0. The van der Waals surface area contributed by atoms with Crippen LogP contribution in [0.5, 0.6) is 5.88 Å². The Balaban J connectivity index is 2.11. The fraction of sp³-hybridized carbons (Fsp3) is 0.400. The first-order valence-electron chi connectivity index (χ1n) is 4.68. The summed E-state index contributed by atoms with van der Waals surface area (Å²) in [5, 5.41) is 9.08. The third-order valence-electron chi connectivity index (χ3n) is 2.34. The lowest BCUT2D eigenvalue weighted by Gasteiger charge is -2.35. The molecule has 80 valence electrons. The first-order chi connectivity index (χ1) is 7.20. The van der Waals surface area contributed by atoms with Crippen LogP contribution < -0.4 is 4.74 Å². The van der Waals surface area contributed by atoms with Crippen molar-refractivity contribution < 1.29 is 14.6 Å². The molecule has 1 aromatic heterocycles. The fourth-order valence-electron chi connectivity index (χ4n) is 1.46. The second-order valence-electron chi connectivity index (χ2n) is 3.45. The number of β-amino-alcohol motifs (C(OH)–C–C–N with tert-alkyl or cyclic N) is 1. The van der Waals surface area contributed by atoms with Crippen LogP contribution in [0.15, 0.2) is 18.3 Å². The molecule has 1 aliphatic rings. The van der Waals surface area contributed by atoms with Gasteiger partial charge in [0.25, 0.3) is 5.91 Å². The highest BCUT2D eigenvalue weighted by molar-refractivity contribution is 5.94. The van der Waals surface area contributed by atoms with E-state index in [0.29, 0.717) is 24.5 Å². The van der Waals surface area contributed by atoms with E-state index in [4.69, 9.17) is 9.84 Å². The number of nitrogens with zero attached hydrogens (tertiary/aromatic N) is 2. The van der Waals surface area contributed by atoms with E-state index in [1.165, 1.54) is 13.3 Å². The molecule has 1 N–H and O–H groups in total. The number of aliphatic hydroxyl groups is 1. The molecule has 0 radical (unpaired) electrons. The third kappa shape index (κ3) is 1.92. The van der Waals surface area contributed by atoms with Gasteiger partial charge in [-0.15, -0.1) is 0 Å². The molecule has 0 saturated carbocycles. The average molecular weight is 208 g/mol. The lowest BCUT2D eigenvalue weighted by molar-refractivity contribution is 0.00587. The quantitative estimate of drug-likeness (QED) is 0.737. The number of aromatic nitrogens is 1. The Bertz CT molecular complexity index is 375. The first-order valence-corrected chi connectivity index (χ1v) is 4.68. The van der Waals surface area contributed by atoms with E-state index in [2.05, 4.69) is 4.98 Å². The lowest BCUT2D eigenvalue weighted by atomic mass is 10.1. The average Bonchev–Trinajstić information content (AvgIpc) is 2.24. The maximum atomic E-state index is 11.8. The summed E-state index contributed by atoms with van der Waals surface area (Å²) in [6, 6.07) is 3.22. The van der Waals surface area contributed by atoms with Gasteiger partial charge in [-0.1, -0.05) is 0 Å². The third-order valence-corrected chi connectivity index (χ3v) is 2.34. The van der Waals surface area contributed by atoms with Gasteiger partial charge in [0, 0.05) is 30.9 Å². The summed E-state index contributed by atoms with van der Waals surface area (Å²) < 4.78 is 4.93. The van der Waals surface area contributed by atoms with Gasteiger partial charge in [0.05, 0.1) is 13.2 Å². The Morgan fingerprint density at radius 3 is 3.00 bits per heavy atom. The van der Waals surface area contributed by atoms with Gasteiger partial charge in [-0.25, -0.2) is 4.98 Å². The monoisotopic (exact) mass is 208 g/mol. The Labute approximate surface area is 87.3 Å². The predicted octanol–water partition coefficient (Wildman–Crippen LogP) is -0.0931. The van der Waals surface area contributed by atoms with Crippen molar-refractivity contribution in [1.82, 2.24) is 9.88 Å². The molecule has 0 aromatic carbocycles. The highest BCUT2D eigenvalue weighted by atomic mass is 16.5. The van der Waals surface area contributed by atoms with Crippen molar-refractivity contribution in [2.24, 2.45) is 0 Å². The Morgan fingerprint density at radius 2 is 2.40 bits per heavy atom. The highest BCUT2D eigenvalue weighted by Crippen LogP contribution is 2.15. The topological polar surface area (TPSA) is 62.7 Å². The number of aliphatic hydroxyl groups excluding tert-OH is 1. The Kier molecular flexibility index (Phi) is 2.55. The largest absolute Gasteiger partial charge is 0.481 e. The molecule has 0 spiro atoms. The van der Waals surface area contributed by atoms with Crippen molar-refractivity contribution in [3.8, 4) is 5.88 Å². The summed E-state index contributed by atoms with van der Waals surface area (Å²) in [5.41, 5.74) is 0.536. The Hall–Kier alpha value is -1.62. The molecule has 2 rings (SSSR count). The van der Waals surface area contributed by atoms with Crippen molar-refractivity contribution in [2.75, 3.05) is 20.2 Å². The summed E-state index contributed by atoms with van der Waals surface area (Å²) in [5.74, 6) is 0.322. The van der Waals surface area contributed by atoms with Gasteiger partial charge in [-0.05, 0) is 6.07 Å². The van der Waals surface area contributed by atoms with Gasteiger partial charge in [-0.2, -0.15) is 0 Å². The van der Waals surface area contributed by atoms with Crippen molar-refractivity contribution in [1.29, 1.82) is 0 Å². The maximum absolute atomic E-state index is 11.8. The zero-order valence-electron chi connectivity index (χ0n) is 8.38. The van der Waals surface area contributed by atoms with E-state index in [1.807, 2.05) is 0 Å². The second kappa shape index (κ2) is 3.86. The van der Waals surface area contributed by atoms with Crippen LogP contribution in [-0.4, -0.2) is 47.2 Å². The van der Waals surface area contributed by atoms with Gasteiger partial charge in [0.1, 0.15) is 0 Å². The van der Waals surface area contributed by atoms with Gasteiger partial charge in [0.15, 0.2) is 0 Å². The Morgan fingerprint density at radius 1 is 1.67 bits per heavy atom. The number of carbonyl (C=O) groups excluding carboxylic acids is 1. The number of hydrogen-bond acceptors (Lipinski definition) is 4. The molecule has 1 saturated heterocycles. The number of pyridine rings is 1. The molecular weight excluding hydrogens is 196 g/mol. The summed E-state index contributed by atoms with van der Waals surface area (Å²) in [4.78, 5) is 17.3. The van der Waals surface area contributed by atoms with Crippen molar-refractivity contribution in [3.05, 3.63) is 23.9 Å². The number of ether oxygens (including phenoxy) is 1. The van der Waals surface area contributed by atoms with Crippen LogP contribution in [0.2, 0.25) is 0 Å². The standard InChI is InChI=1S/C10H12N2O3/c1-15-9-4-7(2-3-11-9)10(14)12-5-8(13)6-12/h2-4,8,13H,5-6H2,1H3. The molecule has 1 fully saturated rings. The smallest absolute Gasteiger partial charge is 0.254 e. The van der Waals surface area contributed by atoms with Crippen LogP contribution in [-0.2, 0) is 0 Å². The minimum absolute atomic E-state index is 0.0963. The van der Waals surface area contributed by atoms with Crippen LogP contribution in [0.4, 0.5) is 0 Å². The maximum Gasteiger partial charge on any atom is 0.254 e. The number of amides is 1. The van der Waals surface area contributed by atoms with Crippen LogP contribution >= 0.6 is 0 Å². The van der Waals surface area contributed by atoms with E-state index in [9.17, 15) is 4.79 Å². The van der Waals surface area contributed by atoms with E-state index < -0.39 is 0 Å². The normalized spacial score (nSPS) is 16.0. The molecule has 5 heteroatoms. The van der Waals surface area contributed by atoms with Crippen molar-refractivity contribution in [3.63, 3.8) is 0 Å². The molecule has 1 amide bonds. The van der Waals surface area contributed by atoms with Crippen LogP contribution in [0.1, 0.15) is 10.4 Å². The summed E-state index contributed by atoms with van der Waals surface area (Å²) in [6.45, 7) is 0.812. The van der Waals surface area contributed by atoms with Crippen LogP contribution in [0.25, 0.3) is 0 Å². The predicted molar refractivity (Wildman–Crippen MR) is 52.7 cm³/mol. The van der Waals surface area contributed by atoms with E-state index in [0.717, 1.165) is 0 Å². The number of rotatable bonds is 2. The van der Waals surface area contributed by atoms with E-state index in [-0.39, 0.29) is 12.0 Å². The van der Waals surface area contributed by atoms with Crippen LogP contribution in [0.3, 0.4) is 0 Å². The number of hydrogen-bond donors (Lipinski definition) is 1. The molecule has 1 aliphatic heterocycles. The van der Waals surface area contributed by atoms with Crippen molar-refractivity contribution >= 4 is 5.91 Å². The minimum Gasteiger partial charge on any atom is -0.481 e. The van der Waals surface area contributed by atoms with Gasteiger partial charge >= 0.3 is 0 Å². The van der Waals surface area contributed by atoms with Gasteiger partial charge in [-0.3, -0.25) is 4.79 Å². The molecule has 2 heterocycles. The molecular formula is C10H12N2O3. The van der Waals surface area contributed by atoms with Gasteiger partial charge < -0.3 is 14.7 Å². The molecule has 1 aromatic rings. The zero-order valence-corrected chi connectivity index (χ0v) is 8.38. The zero-order chi connectivity index (χ0) is 10.8. The molecule has 5 nitrogen and oxygen atoms in total. The minimum atomic E-state index is -0.377. The fourth-order valence-corrected chi connectivity index (χ4v) is 1.46. The number of carbonyl (C=O) groups is 1. The van der Waals surface area contributed by atoms with Gasteiger partial charge in [0.2, 0.25) is 5.88 Å². The molecule has 15 heavy (non-hydrogen) atoms. The molecule has 0 aliphatic carbocycles. The second-order valence-corrected chi connectivity index (χ2v) is 3.45. The van der Waals surface area contributed by atoms with Crippen molar-refractivity contribution in [2.45, 2.75) is 6.10 Å². The SMILES string of the molecule is COc1cc(C(=O)N2CC(O)C2)ccn1. The lowest BCUT2D eigenvalue weighted by Crippen LogP contribution is -2.53. The first kappa shape index (κ1) is 9.92. The van der Waals surface area contributed by atoms with Crippen LogP contribution in [0, 0.1) is 0 Å².